The van der Waals surface area contributed by atoms with Crippen LogP contribution in [0.4, 0.5) is 0 Å². The predicted octanol–water partition coefficient (Wildman–Crippen LogP) is 4.39. The molecular weight excluding hydrogens is 254 g/mol. The highest BCUT2D eigenvalue weighted by molar-refractivity contribution is 7.98. The van der Waals surface area contributed by atoms with Gasteiger partial charge in [-0.15, -0.1) is 23.1 Å². The monoisotopic (exact) mass is 275 g/mol. The Kier molecular flexibility index (Phi) is 4.63. The molecule has 0 aliphatic rings. The molecule has 16 heavy (non-hydrogen) atoms. The second kappa shape index (κ2) is 5.21. The molecule has 0 radical (unpaired) electrons. The van der Waals surface area contributed by atoms with Gasteiger partial charge in [-0.3, -0.25) is 0 Å². The summed E-state index contributed by atoms with van der Waals surface area (Å²) in [5.74, 6) is 0. The molecule has 2 nitrogen and oxygen atoms in total. The van der Waals surface area contributed by atoms with Gasteiger partial charge in [0.2, 0.25) is 0 Å². The standard InChI is InChI=1S/C11H21NOS2Si/c1-11(2,3)16(5,6)13-7-9-12-10(14-4)8-15-9/h8H,7H2,1-6H3. The Hall–Kier alpha value is 0.157. The fourth-order valence-corrected chi connectivity index (χ4v) is 3.30. The van der Waals surface area contributed by atoms with Crippen LogP contribution in [0.25, 0.3) is 0 Å². The van der Waals surface area contributed by atoms with Gasteiger partial charge in [-0.25, -0.2) is 4.98 Å². The zero-order valence-corrected chi connectivity index (χ0v) is 13.6. The summed E-state index contributed by atoms with van der Waals surface area (Å²) in [5.41, 5.74) is 0. The molecule has 0 bridgehead atoms. The van der Waals surface area contributed by atoms with Gasteiger partial charge in [0.1, 0.15) is 10.0 Å². The van der Waals surface area contributed by atoms with Crippen molar-refractivity contribution in [2.45, 2.75) is 50.5 Å². The van der Waals surface area contributed by atoms with E-state index in [1.807, 2.05) is 6.26 Å². The molecule has 1 heterocycles. The zero-order chi connectivity index (χ0) is 12.4. The lowest BCUT2D eigenvalue weighted by molar-refractivity contribution is 0.275. The van der Waals surface area contributed by atoms with Crippen molar-refractivity contribution in [3.63, 3.8) is 0 Å². The van der Waals surface area contributed by atoms with Crippen molar-refractivity contribution in [3.05, 3.63) is 10.4 Å². The van der Waals surface area contributed by atoms with Crippen molar-refractivity contribution in [1.29, 1.82) is 0 Å². The third kappa shape index (κ3) is 3.58. The molecule has 0 aliphatic carbocycles. The van der Waals surface area contributed by atoms with Gasteiger partial charge >= 0.3 is 0 Å². The van der Waals surface area contributed by atoms with Crippen LogP contribution in [-0.2, 0) is 11.0 Å². The van der Waals surface area contributed by atoms with E-state index < -0.39 is 8.32 Å². The number of thiazole rings is 1. The maximum Gasteiger partial charge on any atom is 0.192 e. The molecule has 0 saturated heterocycles. The molecule has 0 saturated carbocycles. The minimum Gasteiger partial charge on any atom is -0.410 e. The Labute approximate surface area is 108 Å². The second-order valence-corrected chi connectivity index (χ2v) is 11.9. The van der Waals surface area contributed by atoms with Crippen molar-refractivity contribution < 1.29 is 4.43 Å². The molecule has 1 aromatic heterocycles. The van der Waals surface area contributed by atoms with Gasteiger partial charge in [0.05, 0.1) is 6.61 Å². The first-order valence-electron chi connectivity index (χ1n) is 5.38. The summed E-state index contributed by atoms with van der Waals surface area (Å²) in [7, 11) is -1.63. The van der Waals surface area contributed by atoms with Crippen LogP contribution in [0.5, 0.6) is 0 Å². The van der Waals surface area contributed by atoms with Gasteiger partial charge in [-0.2, -0.15) is 0 Å². The summed E-state index contributed by atoms with van der Waals surface area (Å²) >= 11 is 3.37. The number of rotatable bonds is 4. The maximum absolute atomic E-state index is 6.12. The van der Waals surface area contributed by atoms with E-state index in [2.05, 4.69) is 44.2 Å². The lowest BCUT2D eigenvalue weighted by atomic mass is 10.2. The van der Waals surface area contributed by atoms with Crippen LogP contribution in [-0.4, -0.2) is 19.6 Å². The molecule has 0 N–H and O–H groups in total. The Morgan fingerprint density at radius 3 is 2.50 bits per heavy atom. The van der Waals surface area contributed by atoms with Crippen molar-refractivity contribution in [2.75, 3.05) is 6.26 Å². The molecule has 0 amide bonds. The van der Waals surface area contributed by atoms with Crippen molar-refractivity contribution in [3.8, 4) is 0 Å². The number of hydrogen-bond acceptors (Lipinski definition) is 4. The lowest BCUT2D eigenvalue weighted by Gasteiger charge is -2.35. The van der Waals surface area contributed by atoms with Gasteiger partial charge in [-0.05, 0) is 24.4 Å². The van der Waals surface area contributed by atoms with E-state index in [4.69, 9.17) is 4.43 Å². The normalized spacial score (nSPS) is 13.1. The molecule has 1 aromatic rings. The molecule has 0 spiro atoms. The van der Waals surface area contributed by atoms with E-state index in [-0.39, 0.29) is 5.04 Å². The molecular formula is C11H21NOS2Si. The molecule has 92 valence electrons. The molecule has 0 aliphatic heterocycles. The summed E-state index contributed by atoms with van der Waals surface area (Å²) < 4.78 is 6.12. The molecule has 0 fully saturated rings. The minimum absolute atomic E-state index is 0.270. The maximum atomic E-state index is 6.12. The van der Waals surface area contributed by atoms with Gasteiger partial charge < -0.3 is 4.43 Å². The van der Waals surface area contributed by atoms with Gasteiger partial charge in [-0.1, -0.05) is 20.8 Å². The molecule has 0 unspecified atom stereocenters. The number of thioether (sulfide) groups is 1. The SMILES string of the molecule is CSc1csc(CO[Si](C)(C)C(C)(C)C)n1. The fourth-order valence-electron chi connectivity index (χ4n) is 0.913. The highest BCUT2D eigenvalue weighted by Gasteiger charge is 2.37. The molecule has 5 heteroatoms. The van der Waals surface area contributed by atoms with Gasteiger partial charge in [0, 0.05) is 5.38 Å². The summed E-state index contributed by atoms with van der Waals surface area (Å²) in [4.78, 5) is 4.49. The average molecular weight is 276 g/mol. The summed E-state index contributed by atoms with van der Waals surface area (Å²) in [6.07, 6.45) is 2.05. The fraction of sp³-hybridized carbons (Fsp3) is 0.727. The quantitative estimate of drug-likeness (QED) is 0.601. The minimum atomic E-state index is -1.63. The summed E-state index contributed by atoms with van der Waals surface area (Å²) in [6, 6.07) is 0. The zero-order valence-electron chi connectivity index (χ0n) is 11.0. The first-order valence-corrected chi connectivity index (χ1v) is 10.4. The van der Waals surface area contributed by atoms with E-state index in [0.717, 1.165) is 10.0 Å². The smallest absolute Gasteiger partial charge is 0.192 e. The van der Waals surface area contributed by atoms with Crippen molar-refractivity contribution in [1.82, 2.24) is 4.98 Å². The van der Waals surface area contributed by atoms with Crippen LogP contribution in [0, 0.1) is 0 Å². The van der Waals surface area contributed by atoms with Crippen molar-refractivity contribution >= 4 is 31.4 Å². The Bertz CT molecular complexity index is 344. The van der Waals surface area contributed by atoms with E-state index in [0.29, 0.717) is 6.61 Å². The van der Waals surface area contributed by atoms with Crippen molar-refractivity contribution in [2.24, 2.45) is 0 Å². The Balaban J connectivity index is 2.57. The van der Waals surface area contributed by atoms with Crippen LogP contribution in [0.2, 0.25) is 18.1 Å². The summed E-state index contributed by atoms with van der Waals surface area (Å²) in [5, 5.41) is 4.55. The predicted molar refractivity (Wildman–Crippen MR) is 75.9 cm³/mol. The van der Waals surface area contributed by atoms with Crippen LogP contribution in [0.3, 0.4) is 0 Å². The highest BCUT2D eigenvalue weighted by Crippen LogP contribution is 2.37. The van der Waals surface area contributed by atoms with Gasteiger partial charge in [0.25, 0.3) is 0 Å². The molecule has 0 atom stereocenters. The first kappa shape index (κ1) is 14.2. The van der Waals surface area contributed by atoms with E-state index in [1.54, 1.807) is 23.1 Å². The highest BCUT2D eigenvalue weighted by atomic mass is 32.2. The molecule has 0 aromatic carbocycles. The number of hydrogen-bond donors (Lipinski definition) is 0. The van der Waals surface area contributed by atoms with Crippen LogP contribution < -0.4 is 0 Å². The number of nitrogens with zero attached hydrogens (tertiary/aromatic N) is 1. The number of aromatic nitrogens is 1. The largest absolute Gasteiger partial charge is 0.410 e. The lowest BCUT2D eigenvalue weighted by Crippen LogP contribution is -2.40. The third-order valence-electron chi connectivity index (χ3n) is 3.10. The van der Waals surface area contributed by atoms with Crippen LogP contribution in [0.15, 0.2) is 10.4 Å². The van der Waals surface area contributed by atoms with E-state index in [9.17, 15) is 0 Å². The average Bonchev–Trinajstić information content (AvgIpc) is 2.60. The Morgan fingerprint density at radius 2 is 2.06 bits per heavy atom. The van der Waals surface area contributed by atoms with E-state index >= 15 is 0 Å². The van der Waals surface area contributed by atoms with E-state index in [1.165, 1.54) is 0 Å². The Morgan fingerprint density at radius 1 is 1.44 bits per heavy atom. The summed E-state index contributed by atoms with van der Waals surface area (Å²) in [6.45, 7) is 12.0. The third-order valence-corrected chi connectivity index (χ3v) is 9.18. The first-order chi connectivity index (χ1) is 7.26. The topological polar surface area (TPSA) is 22.1 Å². The van der Waals surface area contributed by atoms with Gasteiger partial charge in [0.15, 0.2) is 8.32 Å². The van der Waals surface area contributed by atoms with Crippen LogP contribution >= 0.6 is 23.1 Å². The molecule has 1 rings (SSSR count). The van der Waals surface area contributed by atoms with Crippen LogP contribution in [0.1, 0.15) is 25.8 Å². The second-order valence-electron chi connectivity index (χ2n) is 5.33.